The monoisotopic (exact) mass is 499 g/mol. The minimum Gasteiger partial charge on any atom is -0.474 e. The summed E-state index contributed by atoms with van der Waals surface area (Å²) < 4.78 is 20.8. The van der Waals surface area contributed by atoms with Gasteiger partial charge in [0, 0.05) is 48.8 Å². The summed E-state index contributed by atoms with van der Waals surface area (Å²) in [7, 11) is 0. The summed E-state index contributed by atoms with van der Waals surface area (Å²) in [6.45, 7) is 9.67. The van der Waals surface area contributed by atoms with Gasteiger partial charge < -0.3 is 21.1 Å². The first-order chi connectivity index (χ1) is 17.9. The molecule has 9 heteroatoms. The van der Waals surface area contributed by atoms with Crippen LogP contribution in [0.15, 0.2) is 36.5 Å². The Hall–Kier alpha value is -3.98. The molecule has 2 aliphatic rings. The molecule has 2 aliphatic heterocycles. The van der Waals surface area contributed by atoms with E-state index in [2.05, 4.69) is 56.5 Å². The Bertz CT molecular complexity index is 1520. The van der Waals surface area contributed by atoms with Gasteiger partial charge in [-0.25, -0.2) is 9.97 Å². The molecule has 0 saturated carbocycles. The van der Waals surface area contributed by atoms with Crippen molar-refractivity contribution >= 4 is 33.9 Å². The molecule has 4 heterocycles. The van der Waals surface area contributed by atoms with E-state index < -0.39 is 5.95 Å². The molecule has 2 aromatic carbocycles. The topological polar surface area (TPSA) is 101 Å². The number of anilines is 4. The molecule has 0 fully saturated rings. The average molecular weight is 500 g/mol. The summed E-state index contributed by atoms with van der Waals surface area (Å²) in [5.74, 6) is 0.118. The quantitative estimate of drug-likeness (QED) is 0.265. The maximum atomic E-state index is 15.1. The van der Waals surface area contributed by atoms with Crippen molar-refractivity contribution in [1.29, 1.82) is 0 Å². The number of nitrogen functional groups attached to an aromatic ring is 1. The van der Waals surface area contributed by atoms with Gasteiger partial charge in [0.15, 0.2) is 0 Å². The highest BCUT2D eigenvalue weighted by Gasteiger charge is 2.21. The van der Waals surface area contributed by atoms with Crippen LogP contribution in [0.5, 0.6) is 5.88 Å². The number of nitrogens with zero attached hydrogens (tertiary/aromatic N) is 4. The summed E-state index contributed by atoms with van der Waals surface area (Å²) in [4.78, 5) is 15.6. The number of nitrogens with one attached hydrogen (secondary N) is 2. The van der Waals surface area contributed by atoms with Crippen molar-refractivity contribution in [2.45, 2.75) is 39.8 Å². The molecule has 6 rings (SSSR count). The Morgan fingerprint density at radius 1 is 1.16 bits per heavy atom. The lowest BCUT2D eigenvalue weighted by Gasteiger charge is -2.32. The van der Waals surface area contributed by atoms with Gasteiger partial charge in [0.05, 0.1) is 10.9 Å². The second-order valence-electron chi connectivity index (χ2n) is 9.97. The maximum absolute atomic E-state index is 15.1. The normalized spacial score (nSPS) is 15.2. The molecule has 0 saturated heterocycles. The molecular formula is C28H30FN7O. The van der Waals surface area contributed by atoms with E-state index in [1.165, 1.54) is 11.1 Å². The van der Waals surface area contributed by atoms with Crippen LogP contribution in [-0.2, 0) is 13.0 Å². The fraction of sp³-hybridized carbons (Fsp3) is 0.321. The van der Waals surface area contributed by atoms with E-state index in [0.29, 0.717) is 30.6 Å². The van der Waals surface area contributed by atoms with Crippen LogP contribution in [0.25, 0.3) is 22.0 Å². The summed E-state index contributed by atoms with van der Waals surface area (Å²) in [6, 6.07) is 10.3. The van der Waals surface area contributed by atoms with E-state index in [9.17, 15) is 0 Å². The SMILES string of the molecule is Cc1c(-c2cc(N)c3c(F)nc(Nc4ccc5c(c4)CN(C(C)C)CC5)nc3c2)cnc2c1NCCO2. The average Bonchev–Trinajstić information content (AvgIpc) is 2.88. The molecule has 0 radical (unpaired) electrons. The Kier molecular flexibility index (Phi) is 5.79. The van der Waals surface area contributed by atoms with Gasteiger partial charge in [-0.05, 0) is 73.7 Å². The number of benzene rings is 2. The first-order valence-electron chi connectivity index (χ1n) is 12.6. The third kappa shape index (κ3) is 4.29. The summed E-state index contributed by atoms with van der Waals surface area (Å²) in [5.41, 5.74) is 14.0. The van der Waals surface area contributed by atoms with Crippen molar-refractivity contribution in [1.82, 2.24) is 19.9 Å². The lowest BCUT2D eigenvalue weighted by atomic mass is 9.98. The summed E-state index contributed by atoms with van der Waals surface area (Å²) >= 11 is 0. The zero-order chi connectivity index (χ0) is 25.7. The summed E-state index contributed by atoms with van der Waals surface area (Å²) in [5, 5.41) is 6.76. The van der Waals surface area contributed by atoms with E-state index in [1.807, 2.05) is 19.1 Å². The Morgan fingerprint density at radius 3 is 2.86 bits per heavy atom. The van der Waals surface area contributed by atoms with Crippen LogP contribution < -0.4 is 21.1 Å². The van der Waals surface area contributed by atoms with Crippen molar-refractivity contribution in [3.8, 4) is 17.0 Å². The molecule has 4 N–H and O–H groups in total. The standard InChI is InChI=1S/C28H30FN7O/c1-15(2)36-8-6-17-4-5-20(10-19(17)14-36)33-28-34-23-12-18(11-22(30)24(23)26(29)35-28)21-13-32-27-25(16(21)3)31-7-9-37-27/h4-5,10-13,15,31H,6-9,14,30H2,1-3H3,(H,33,34,35). The van der Waals surface area contributed by atoms with Crippen molar-refractivity contribution in [2.24, 2.45) is 0 Å². The molecule has 4 aromatic rings. The minimum absolute atomic E-state index is 0.188. The van der Waals surface area contributed by atoms with Gasteiger partial charge in [-0.15, -0.1) is 0 Å². The second kappa shape index (κ2) is 9.15. The number of hydrogen-bond acceptors (Lipinski definition) is 8. The number of ether oxygens (including phenoxy) is 1. The molecular weight excluding hydrogens is 469 g/mol. The molecule has 8 nitrogen and oxygen atoms in total. The highest BCUT2D eigenvalue weighted by atomic mass is 19.1. The van der Waals surface area contributed by atoms with Crippen LogP contribution in [0, 0.1) is 12.9 Å². The molecule has 0 atom stereocenters. The van der Waals surface area contributed by atoms with Crippen LogP contribution in [0.2, 0.25) is 0 Å². The first kappa shape index (κ1) is 23.4. The van der Waals surface area contributed by atoms with Gasteiger partial charge >= 0.3 is 0 Å². The molecule has 0 amide bonds. The van der Waals surface area contributed by atoms with Crippen LogP contribution in [0.1, 0.15) is 30.5 Å². The zero-order valence-corrected chi connectivity index (χ0v) is 21.2. The number of hydrogen-bond donors (Lipinski definition) is 3. The van der Waals surface area contributed by atoms with Gasteiger partial charge in [-0.1, -0.05) is 6.07 Å². The smallest absolute Gasteiger partial charge is 0.237 e. The van der Waals surface area contributed by atoms with Gasteiger partial charge in [-0.2, -0.15) is 9.37 Å². The number of rotatable bonds is 4. The fourth-order valence-corrected chi connectivity index (χ4v) is 5.20. The number of pyridine rings is 1. The van der Waals surface area contributed by atoms with E-state index in [-0.39, 0.29) is 17.0 Å². The third-order valence-corrected chi connectivity index (χ3v) is 7.28. The number of fused-ring (bicyclic) bond motifs is 3. The van der Waals surface area contributed by atoms with Crippen molar-refractivity contribution < 1.29 is 9.13 Å². The zero-order valence-electron chi connectivity index (χ0n) is 21.2. The number of halogens is 1. The molecule has 190 valence electrons. The van der Waals surface area contributed by atoms with Gasteiger partial charge in [0.1, 0.15) is 12.3 Å². The van der Waals surface area contributed by atoms with Gasteiger partial charge in [-0.3, -0.25) is 4.90 Å². The highest BCUT2D eigenvalue weighted by Crippen LogP contribution is 2.38. The highest BCUT2D eigenvalue weighted by molar-refractivity contribution is 5.95. The Morgan fingerprint density at radius 2 is 2.03 bits per heavy atom. The molecule has 0 bridgehead atoms. The predicted octanol–water partition coefficient (Wildman–Crippen LogP) is 5.04. The predicted molar refractivity (Wildman–Crippen MR) is 145 cm³/mol. The van der Waals surface area contributed by atoms with Crippen LogP contribution in [0.3, 0.4) is 0 Å². The second-order valence-corrected chi connectivity index (χ2v) is 9.97. The van der Waals surface area contributed by atoms with E-state index in [4.69, 9.17) is 10.5 Å². The minimum atomic E-state index is -0.657. The fourth-order valence-electron chi connectivity index (χ4n) is 5.20. The van der Waals surface area contributed by atoms with Crippen molar-refractivity contribution in [2.75, 3.05) is 36.1 Å². The lowest BCUT2D eigenvalue weighted by molar-refractivity contribution is 0.203. The van der Waals surface area contributed by atoms with Gasteiger partial charge in [0.2, 0.25) is 17.8 Å². The van der Waals surface area contributed by atoms with Crippen LogP contribution >= 0.6 is 0 Å². The molecule has 2 aromatic heterocycles. The Balaban J connectivity index is 1.36. The Labute approximate surface area is 215 Å². The first-order valence-corrected chi connectivity index (χ1v) is 12.6. The largest absolute Gasteiger partial charge is 0.474 e. The summed E-state index contributed by atoms with van der Waals surface area (Å²) in [6.07, 6.45) is 2.78. The number of aromatic nitrogens is 3. The third-order valence-electron chi connectivity index (χ3n) is 7.28. The van der Waals surface area contributed by atoms with Crippen molar-refractivity contribution in [3.05, 3.63) is 59.2 Å². The lowest BCUT2D eigenvalue weighted by Crippen LogP contribution is -2.35. The van der Waals surface area contributed by atoms with Crippen LogP contribution in [-0.4, -0.2) is 45.6 Å². The molecule has 0 aliphatic carbocycles. The molecule has 37 heavy (non-hydrogen) atoms. The van der Waals surface area contributed by atoms with E-state index >= 15 is 4.39 Å². The van der Waals surface area contributed by atoms with E-state index in [1.54, 1.807) is 12.3 Å². The maximum Gasteiger partial charge on any atom is 0.237 e. The number of nitrogens with two attached hydrogens (primary N) is 1. The van der Waals surface area contributed by atoms with Gasteiger partial charge in [0.25, 0.3) is 0 Å². The van der Waals surface area contributed by atoms with Crippen LogP contribution in [0.4, 0.5) is 27.4 Å². The molecule has 0 unspecified atom stereocenters. The van der Waals surface area contributed by atoms with Crippen molar-refractivity contribution in [3.63, 3.8) is 0 Å². The molecule has 0 spiro atoms. The van der Waals surface area contributed by atoms with E-state index in [0.717, 1.165) is 47.6 Å².